The average Bonchev–Trinajstić information content (AvgIpc) is 1.54. The number of rotatable bonds is 23. The summed E-state index contributed by atoms with van der Waals surface area (Å²) in [6, 6.07) is 59.7. The topological polar surface area (TPSA) is 423 Å². The first-order valence-electron chi connectivity index (χ1n) is 45.3. The fourth-order valence-corrected chi connectivity index (χ4v) is 18.1. The maximum absolute atomic E-state index is 12.5. The Morgan fingerprint density at radius 1 is 0.326 bits per heavy atom. The number of aromatic amines is 4. The summed E-state index contributed by atoms with van der Waals surface area (Å²) in [5, 5.41) is 77.1. The zero-order chi connectivity index (χ0) is 93.7. The molecule has 9 N–H and O–H groups in total. The molecule has 16 heterocycles. The zero-order valence-corrected chi connectivity index (χ0v) is 76.4. The van der Waals surface area contributed by atoms with Crippen LogP contribution in [0.3, 0.4) is 0 Å². The van der Waals surface area contributed by atoms with Gasteiger partial charge in [-0.3, -0.25) is 39.9 Å². The van der Waals surface area contributed by atoms with Crippen LogP contribution in [0, 0.1) is 41.5 Å². The number of pyridine rings is 8. The molecular formula is C106H100N20O9. The van der Waals surface area contributed by atoms with Crippen molar-refractivity contribution in [2.24, 2.45) is 0 Å². The van der Waals surface area contributed by atoms with Crippen LogP contribution in [0.25, 0.3) is 88.6 Å². The van der Waals surface area contributed by atoms with E-state index in [-0.39, 0.29) is 0 Å². The van der Waals surface area contributed by atoms with E-state index < -0.39 is 28.0 Å². The largest absolute Gasteiger partial charge is 0.383 e. The molecule has 0 amide bonds. The van der Waals surface area contributed by atoms with Crippen LogP contribution in [0.15, 0.2) is 262 Å². The fraction of sp³-hybridized carbons (Fsp3) is 0.245. The second-order valence-corrected chi connectivity index (χ2v) is 34.8. The Hall–Kier alpha value is -15.4. The van der Waals surface area contributed by atoms with Crippen molar-refractivity contribution >= 4 is 44.1 Å². The molecule has 0 spiro atoms. The lowest BCUT2D eigenvalue weighted by atomic mass is 9.83. The summed E-state index contributed by atoms with van der Waals surface area (Å²) in [5.74, 6) is 6.95. The number of imidazole rings is 4. The molecule has 0 unspecified atom stereocenters. The van der Waals surface area contributed by atoms with Crippen molar-refractivity contribution in [1.82, 2.24) is 100 Å². The number of aromatic nitrogens is 20. The van der Waals surface area contributed by atoms with E-state index in [2.05, 4.69) is 106 Å². The van der Waals surface area contributed by atoms with Gasteiger partial charge in [-0.1, -0.05) is 89.9 Å². The van der Waals surface area contributed by atoms with Crippen molar-refractivity contribution in [3.8, 4) is 44.5 Å². The van der Waals surface area contributed by atoms with Crippen molar-refractivity contribution in [1.29, 1.82) is 0 Å². The summed E-state index contributed by atoms with van der Waals surface area (Å²) in [6.45, 7) is 20.9. The molecule has 2 aliphatic carbocycles. The van der Waals surface area contributed by atoms with E-state index in [0.29, 0.717) is 120 Å². The number of hydrogen-bond acceptors (Lipinski definition) is 25. The van der Waals surface area contributed by atoms with E-state index in [1.807, 2.05) is 206 Å². The highest BCUT2D eigenvalue weighted by atomic mass is 16.5. The molecule has 4 aromatic carbocycles. The SMILES string of the molecule is CCCc1nc2c(C(O)(c3ccccn3)c3ccccn3)cc(-c3c(C)noc3C)cc2[nH]1.CCc1noc(C)c1-c1cc(C(O)(c2ccccn2)c2ccccn2)c2nc(C3CC3)[nH]c2c1.CCc1onc(C)c1-c1cc(C(O)(c2ccccn2)c2ccccn2)c2nc(C3CC3)[nH]c2c1.Cc1noc(C)c1-c1cc(C(O)(c2ccccn2)c2ccccn2)c2nc(C(C)(C)O)[nH]c2c1. The van der Waals surface area contributed by atoms with Crippen LogP contribution in [-0.4, -0.2) is 126 Å². The van der Waals surface area contributed by atoms with Crippen LogP contribution in [0.1, 0.15) is 215 Å². The number of nitrogens with one attached hydrogen (secondary N) is 4. The molecule has 678 valence electrons. The second kappa shape index (κ2) is 36.3. The minimum Gasteiger partial charge on any atom is -0.383 e. The Bertz CT molecular complexity index is 7190. The summed E-state index contributed by atoms with van der Waals surface area (Å²) in [6.07, 6.45) is 21.0. The standard InChI is InChI=1S/2C27H25N5O2.C26H25N5O3.C26H25N5O2/c1-3-21-24(16(2)32-34-21)18-14-19(25-20(15-18)30-26(31-25)17-10-11-17)27(33,22-8-4-6-12-28-22)23-9-5-7-13-29-23;1-3-20-24(16(2)34-32-20)18-14-19(25-21(15-18)30-26(31-25)17-10-11-17)27(33,22-8-4-6-12-28-22)23-9-5-7-13-29-23;1-15-22(16(2)34-31-15)17-13-18(23-19(14-17)29-24(30-23)25(3,4)32)26(33,20-9-5-7-11-27-20)21-10-6-8-12-28-21;1-4-9-23-29-20-15-18(24-16(2)31-33-17(24)3)14-19(25(20)30-23)26(32,21-10-5-7-12-27-21)22-11-6-8-13-28-22/h2*4-9,12-15,17,33H,3,10-11H2,1-2H3,(H,30,31);5-14,32-33H,1-4H3,(H,29,30);5-8,10-15,32H,4,9H2,1-3H3,(H,29,30). The van der Waals surface area contributed by atoms with Gasteiger partial charge in [0.2, 0.25) is 0 Å². The maximum Gasteiger partial charge on any atom is 0.176 e. The van der Waals surface area contributed by atoms with Crippen LogP contribution in [0.2, 0.25) is 0 Å². The Labute approximate surface area is 776 Å². The first-order valence-corrected chi connectivity index (χ1v) is 45.3. The number of aliphatic hydroxyl groups is 5. The van der Waals surface area contributed by atoms with Gasteiger partial charge in [0.15, 0.2) is 22.4 Å². The highest BCUT2D eigenvalue weighted by Gasteiger charge is 2.46. The lowest BCUT2D eigenvalue weighted by Gasteiger charge is -2.28. The van der Waals surface area contributed by atoms with E-state index in [9.17, 15) is 25.5 Å². The van der Waals surface area contributed by atoms with Gasteiger partial charge in [0, 0.05) is 119 Å². The van der Waals surface area contributed by atoms with Crippen LogP contribution in [0.5, 0.6) is 0 Å². The molecule has 16 aromatic heterocycles. The summed E-state index contributed by atoms with van der Waals surface area (Å²) in [4.78, 5) is 69.4. The minimum absolute atomic E-state index is 0.379. The Morgan fingerprint density at radius 2 is 0.622 bits per heavy atom. The summed E-state index contributed by atoms with van der Waals surface area (Å²) >= 11 is 0. The molecule has 29 nitrogen and oxygen atoms in total. The average molecular weight is 1800 g/mol. The van der Waals surface area contributed by atoms with Gasteiger partial charge in [0.1, 0.15) is 51.9 Å². The lowest BCUT2D eigenvalue weighted by molar-refractivity contribution is 0.0699. The first kappa shape index (κ1) is 88.9. The number of aryl methyl sites for hydroxylation is 9. The maximum atomic E-state index is 12.5. The minimum atomic E-state index is -1.72. The van der Waals surface area contributed by atoms with Gasteiger partial charge >= 0.3 is 0 Å². The van der Waals surface area contributed by atoms with Gasteiger partial charge < -0.3 is 63.6 Å². The predicted molar refractivity (Wildman–Crippen MR) is 509 cm³/mol. The highest BCUT2D eigenvalue weighted by Crippen LogP contribution is 2.50. The van der Waals surface area contributed by atoms with E-state index in [1.165, 1.54) is 0 Å². The van der Waals surface area contributed by atoms with Gasteiger partial charge in [-0.05, 0) is 262 Å². The van der Waals surface area contributed by atoms with E-state index in [4.69, 9.17) is 38.0 Å². The molecule has 0 saturated heterocycles. The molecule has 0 aliphatic heterocycles. The monoisotopic (exact) mass is 1800 g/mol. The molecule has 135 heavy (non-hydrogen) atoms. The first-order chi connectivity index (χ1) is 65.4. The van der Waals surface area contributed by atoms with Crippen LogP contribution in [0.4, 0.5) is 0 Å². The highest BCUT2D eigenvalue weighted by molar-refractivity contribution is 5.92. The molecule has 2 fully saturated rings. The van der Waals surface area contributed by atoms with Crippen molar-refractivity contribution in [3.63, 3.8) is 0 Å². The van der Waals surface area contributed by atoms with Gasteiger partial charge in [-0.25, -0.2) is 19.9 Å². The van der Waals surface area contributed by atoms with Crippen LogP contribution >= 0.6 is 0 Å². The van der Waals surface area contributed by atoms with E-state index in [0.717, 1.165) is 169 Å². The normalized spacial score (nSPS) is 13.1. The summed E-state index contributed by atoms with van der Waals surface area (Å²) in [7, 11) is 0. The number of fused-ring (bicyclic) bond motifs is 4. The second-order valence-electron chi connectivity index (χ2n) is 34.8. The van der Waals surface area contributed by atoms with Crippen molar-refractivity contribution in [2.75, 3.05) is 0 Å². The van der Waals surface area contributed by atoms with Gasteiger partial charge in [0.05, 0.1) is 112 Å². The Morgan fingerprint density at radius 3 is 0.926 bits per heavy atom. The van der Waals surface area contributed by atoms with Crippen LogP contribution in [-0.2, 0) is 47.3 Å². The van der Waals surface area contributed by atoms with E-state index in [1.54, 1.807) is 87.7 Å². The Kier molecular flexibility index (Phi) is 23.9. The van der Waals surface area contributed by atoms with Crippen molar-refractivity contribution in [2.45, 2.75) is 167 Å². The lowest BCUT2D eigenvalue weighted by Crippen LogP contribution is -2.31. The summed E-state index contributed by atoms with van der Waals surface area (Å²) in [5.41, 5.74) is 14.4. The summed E-state index contributed by atoms with van der Waals surface area (Å²) < 4.78 is 22.0. The van der Waals surface area contributed by atoms with Gasteiger partial charge in [-0.2, -0.15) is 0 Å². The smallest absolute Gasteiger partial charge is 0.176 e. The predicted octanol–water partition coefficient (Wildman–Crippen LogP) is 19.1. The third-order valence-electron chi connectivity index (χ3n) is 25.0. The van der Waals surface area contributed by atoms with Gasteiger partial charge in [-0.15, -0.1) is 0 Å². The molecule has 22 rings (SSSR count). The third-order valence-corrected chi connectivity index (χ3v) is 25.0. The quantitative estimate of drug-likeness (QED) is 0.0287. The van der Waals surface area contributed by atoms with Gasteiger partial charge in [0.25, 0.3) is 0 Å². The molecule has 29 heteroatoms. The molecular weight excluding hydrogens is 1700 g/mol. The van der Waals surface area contributed by atoms with Crippen LogP contribution < -0.4 is 0 Å². The van der Waals surface area contributed by atoms with Crippen molar-refractivity contribution in [3.05, 3.63) is 381 Å². The fourth-order valence-electron chi connectivity index (χ4n) is 18.1. The number of nitrogens with zero attached hydrogens (tertiary/aromatic N) is 16. The van der Waals surface area contributed by atoms with Crippen molar-refractivity contribution < 1.29 is 43.6 Å². The number of H-pyrrole nitrogens is 4. The third kappa shape index (κ3) is 16.6. The number of benzene rings is 4. The molecule has 20 aromatic rings. The molecule has 2 aliphatic rings. The molecule has 0 radical (unpaired) electrons. The number of hydrogen-bond donors (Lipinski definition) is 9. The van der Waals surface area contributed by atoms with E-state index >= 15 is 0 Å². The molecule has 0 bridgehead atoms. The Balaban J connectivity index is 0.000000116. The molecule has 0 atom stereocenters. The zero-order valence-electron chi connectivity index (χ0n) is 76.4. The molecule has 2 saturated carbocycles.